The van der Waals surface area contributed by atoms with Crippen LogP contribution in [0.1, 0.15) is 53.4 Å². The van der Waals surface area contributed by atoms with Gasteiger partial charge in [-0.3, -0.25) is 4.79 Å². The van der Waals surface area contributed by atoms with Crippen molar-refractivity contribution in [3.8, 4) is 0 Å². The van der Waals surface area contributed by atoms with Crippen molar-refractivity contribution in [2.24, 2.45) is 11.8 Å². The number of nitrogens with one attached hydrogen (secondary N) is 2. The van der Waals surface area contributed by atoms with Gasteiger partial charge in [-0.15, -0.1) is 0 Å². The Morgan fingerprint density at radius 1 is 1.35 bits per heavy atom. The molecule has 100 valence electrons. The van der Waals surface area contributed by atoms with Crippen LogP contribution >= 0.6 is 0 Å². The van der Waals surface area contributed by atoms with Crippen LogP contribution in [0.25, 0.3) is 0 Å². The lowest BCUT2D eigenvalue weighted by atomic mass is 9.78. The van der Waals surface area contributed by atoms with Gasteiger partial charge in [0.1, 0.15) is 0 Å². The van der Waals surface area contributed by atoms with E-state index in [4.69, 9.17) is 0 Å². The first-order chi connectivity index (χ1) is 8.04. The summed E-state index contributed by atoms with van der Waals surface area (Å²) in [7, 11) is 0. The number of rotatable bonds is 5. The van der Waals surface area contributed by atoms with Crippen LogP contribution in [0.3, 0.4) is 0 Å². The van der Waals surface area contributed by atoms with Gasteiger partial charge >= 0.3 is 0 Å². The summed E-state index contributed by atoms with van der Waals surface area (Å²) < 4.78 is 0. The Bertz CT molecular complexity index is 242. The lowest BCUT2D eigenvalue weighted by Crippen LogP contribution is -2.46. The van der Waals surface area contributed by atoms with Crippen molar-refractivity contribution in [1.82, 2.24) is 10.6 Å². The zero-order valence-corrected chi connectivity index (χ0v) is 11.8. The van der Waals surface area contributed by atoms with E-state index in [0.717, 1.165) is 12.3 Å². The highest BCUT2D eigenvalue weighted by atomic mass is 16.1. The molecule has 0 saturated heterocycles. The molecule has 1 amide bonds. The van der Waals surface area contributed by atoms with Gasteiger partial charge in [0.25, 0.3) is 0 Å². The van der Waals surface area contributed by atoms with Crippen molar-refractivity contribution >= 4 is 5.91 Å². The molecule has 1 rings (SSSR count). The zero-order chi connectivity index (χ0) is 12.8. The first-order valence-electron chi connectivity index (χ1n) is 7.07. The molecular weight excluding hydrogens is 212 g/mol. The van der Waals surface area contributed by atoms with E-state index in [0.29, 0.717) is 18.5 Å². The van der Waals surface area contributed by atoms with E-state index in [-0.39, 0.29) is 11.9 Å². The third kappa shape index (κ3) is 4.66. The van der Waals surface area contributed by atoms with Gasteiger partial charge < -0.3 is 10.6 Å². The van der Waals surface area contributed by atoms with E-state index < -0.39 is 0 Å². The molecule has 0 heterocycles. The maximum Gasteiger partial charge on any atom is 0.234 e. The molecule has 1 fully saturated rings. The van der Waals surface area contributed by atoms with Crippen molar-refractivity contribution in [3.05, 3.63) is 0 Å². The second-order valence-electron chi connectivity index (χ2n) is 5.63. The molecule has 1 aliphatic carbocycles. The maximum atomic E-state index is 11.7. The second kappa shape index (κ2) is 7.00. The molecule has 0 aromatic heterocycles. The predicted molar refractivity (Wildman–Crippen MR) is 71.9 cm³/mol. The topological polar surface area (TPSA) is 41.1 Å². The van der Waals surface area contributed by atoms with Gasteiger partial charge in [0.15, 0.2) is 0 Å². The van der Waals surface area contributed by atoms with Crippen molar-refractivity contribution in [2.75, 3.05) is 6.54 Å². The molecule has 17 heavy (non-hydrogen) atoms. The summed E-state index contributed by atoms with van der Waals surface area (Å²) in [5.41, 5.74) is 0. The fraction of sp³-hybridized carbons (Fsp3) is 0.929. The summed E-state index contributed by atoms with van der Waals surface area (Å²) in [6.07, 6.45) is 4.82. The molecule has 3 nitrogen and oxygen atoms in total. The van der Waals surface area contributed by atoms with Gasteiger partial charge in [-0.2, -0.15) is 0 Å². The van der Waals surface area contributed by atoms with Crippen LogP contribution in [0.5, 0.6) is 0 Å². The molecule has 0 spiro atoms. The number of amides is 1. The standard InChI is InChI=1S/C14H28N2O/c1-5-11(3)16-14(17)9-15-13-8-6-7-10(2)12(13)4/h10-13,15H,5-9H2,1-4H3,(H,16,17). The van der Waals surface area contributed by atoms with Gasteiger partial charge in [0.05, 0.1) is 6.54 Å². The minimum atomic E-state index is 0.129. The molecule has 1 aliphatic rings. The minimum Gasteiger partial charge on any atom is -0.353 e. The fourth-order valence-electron chi connectivity index (χ4n) is 2.52. The van der Waals surface area contributed by atoms with Crippen LogP contribution in [-0.4, -0.2) is 24.5 Å². The van der Waals surface area contributed by atoms with Gasteiger partial charge in [0.2, 0.25) is 5.91 Å². The fourth-order valence-corrected chi connectivity index (χ4v) is 2.52. The summed E-state index contributed by atoms with van der Waals surface area (Å²) in [4.78, 5) is 11.7. The zero-order valence-electron chi connectivity index (χ0n) is 11.8. The lowest BCUT2D eigenvalue weighted by molar-refractivity contribution is -0.121. The van der Waals surface area contributed by atoms with Crippen LogP contribution in [0.2, 0.25) is 0 Å². The largest absolute Gasteiger partial charge is 0.353 e. The van der Waals surface area contributed by atoms with Crippen LogP contribution in [0, 0.1) is 11.8 Å². The summed E-state index contributed by atoms with van der Waals surface area (Å²) in [6, 6.07) is 0.799. The summed E-state index contributed by atoms with van der Waals surface area (Å²) in [5, 5.41) is 6.41. The molecular formula is C14H28N2O. The molecule has 0 aliphatic heterocycles. The Morgan fingerprint density at radius 3 is 2.71 bits per heavy atom. The van der Waals surface area contributed by atoms with E-state index in [1.165, 1.54) is 19.3 Å². The van der Waals surface area contributed by atoms with Gasteiger partial charge in [-0.25, -0.2) is 0 Å². The Labute approximate surface area is 106 Å². The molecule has 0 bridgehead atoms. The third-order valence-electron chi connectivity index (χ3n) is 4.25. The average molecular weight is 240 g/mol. The Kier molecular flexibility index (Phi) is 5.96. The molecule has 4 unspecified atom stereocenters. The first kappa shape index (κ1) is 14.5. The first-order valence-corrected chi connectivity index (χ1v) is 7.07. The van der Waals surface area contributed by atoms with Crippen LogP contribution in [0.4, 0.5) is 0 Å². The minimum absolute atomic E-state index is 0.129. The smallest absolute Gasteiger partial charge is 0.234 e. The Hall–Kier alpha value is -0.570. The predicted octanol–water partition coefficient (Wildman–Crippen LogP) is 2.32. The monoisotopic (exact) mass is 240 g/mol. The van der Waals surface area contributed by atoms with Crippen LogP contribution < -0.4 is 10.6 Å². The molecule has 4 atom stereocenters. The summed E-state index contributed by atoms with van der Waals surface area (Å²) in [6.45, 7) is 9.21. The molecule has 0 radical (unpaired) electrons. The van der Waals surface area contributed by atoms with Gasteiger partial charge in [-0.05, 0) is 31.6 Å². The van der Waals surface area contributed by atoms with E-state index >= 15 is 0 Å². The molecule has 3 heteroatoms. The van der Waals surface area contributed by atoms with E-state index in [1.807, 2.05) is 6.92 Å². The Balaban J connectivity index is 2.27. The van der Waals surface area contributed by atoms with Crippen molar-refractivity contribution < 1.29 is 4.79 Å². The average Bonchev–Trinajstić information content (AvgIpc) is 2.31. The SMILES string of the molecule is CCC(C)NC(=O)CNC1CCCC(C)C1C. The molecule has 2 N–H and O–H groups in total. The van der Waals surface area contributed by atoms with Crippen LogP contribution in [-0.2, 0) is 4.79 Å². The van der Waals surface area contributed by atoms with Gasteiger partial charge in [-0.1, -0.05) is 33.6 Å². The maximum absolute atomic E-state index is 11.7. The lowest BCUT2D eigenvalue weighted by Gasteiger charge is -2.34. The van der Waals surface area contributed by atoms with Crippen molar-refractivity contribution in [1.29, 1.82) is 0 Å². The van der Waals surface area contributed by atoms with Crippen molar-refractivity contribution in [3.63, 3.8) is 0 Å². The number of carbonyl (C=O) groups is 1. The van der Waals surface area contributed by atoms with E-state index in [9.17, 15) is 4.79 Å². The molecule has 0 aromatic rings. The summed E-state index contributed by atoms with van der Waals surface area (Å²) >= 11 is 0. The summed E-state index contributed by atoms with van der Waals surface area (Å²) in [5.74, 6) is 1.59. The number of hydrogen-bond acceptors (Lipinski definition) is 2. The highest BCUT2D eigenvalue weighted by molar-refractivity contribution is 5.78. The highest BCUT2D eigenvalue weighted by Crippen LogP contribution is 2.29. The Morgan fingerprint density at radius 2 is 2.06 bits per heavy atom. The van der Waals surface area contributed by atoms with E-state index in [1.54, 1.807) is 0 Å². The second-order valence-corrected chi connectivity index (χ2v) is 5.63. The van der Waals surface area contributed by atoms with Crippen LogP contribution in [0.15, 0.2) is 0 Å². The molecule has 1 saturated carbocycles. The third-order valence-corrected chi connectivity index (χ3v) is 4.25. The van der Waals surface area contributed by atoms with Gasteiger partial charge in [0, 0.05) is 12.1 Å². The number of carbonyl (C=O) groups excluding carboxylic acids is 1. The number of hydrogen-bond donors (Lipinski definition) is 2. The normalized spacial score (nSPS) is 30.9. The van der Waals surface area contributed by atoms with E-state index in [2.05, 4.69) is 31.4 Å². The highest BCUT2D eigenvalue weighted by Gasteiger charge is 2.26. The van der Waals surface area contributed by atoms with Crippen molar-refractivity contribution in [2.45, 2.75) is 65.5 Å². The quantitative estimate of drug-likeness (QED) is 0.774. The molecule has 0 aromatic carbocycles.